The van der Waals surface area contributed by atoms with Gasteiger partial charge in [-0.3, -0.25) is 9.88 Å². The first kappa shape index (κ1) is 31.6. The van der Waals surface area contributed by atoms with Gasteiger partial charge in [-0.1, -0.05) is 12.0 Å². The minimum Gasteiger partial charge on any atom is -0.461 e. The van der Waals surface area contributed by atoms with E-state index < -0.39 is 28.9 Å². The Morgan fingerprint density at radius 3 is 2.81 bits per heavy atom. The van der Waals surface area contributed by atoms with E-state index in [-0.39, 0.29) is 41.0 Å². The molecule has 3 aliphatic rings. The Hall–Kier alpha value is -3.98. The normalized spacial score (nSPS) is 23.0. The third-order valence-corrected chi connectivity index (χ3v) is 10.1. The molecular weight excluding hydrogens is 605 g/mol. The largest absolute Gasteiger partial charge is 0.461 e. The number of pyridine rings is 1. The third-order valence-electron chi connectivity index (χ3n) is 10.1. The number of anilines is 1. The van der Waals surface area contributed by atoms with Gasteiger partial charge in [-0.15, -0.1) is 6.42 Å². The summed E-state index contributed by atoms with van der Waals surface area (Å²) < 4.78 is 52.7. The number of benzene rings is 2. The van der Waals surface area contributed by atoms with Crippen molar-refractivity contribution < 1.29 is 23.0 Å². The summed E-state index contributed by atoms with van der Waals surface area (Å²) >= 11 is 0. The van der Waals surface area contributed by atoms with Crippen molar-refractivity contribution in [2.24, 2.45) is 0 Å². The number of likely N-dealkylation sites (N-methyl/N-ethyl adjacent to an activating group) is 1. The van der Waals surface area contributed by atoms with Gasteiger partial charge in [0, 0.05) is 49.7 Å². The van der Waals surface area contributed by atoms with Crippen LogP contribution < -0.4 is 15.0 Å². The number of aromatic nitrogens is 3. The first-order chi connectivity index (χ1) is 22.5. The highest BCUT2D eigenvalue weighted by molar-refractivity contribution is 6.02. The fourth-order valence-electron chi connectivity index (χ4n) is 7.66. The molecule has 3 aliphatic heterocycles. The van der Waals surface area contributed by atoms with E-state index in [1.165, 1.54) is 12.3 Å². The third kappa shape index (κ3) is 5.66. The smallest absolute Gasteiger partial charge is 0.319 e. The SMILES string of the molecule is C#Cc1c(F)ccc2cc(C(C)(C)O)cc(-c3ncc4c(N(C)C[C@H]5CCCN5)nc(OC[C@@]56CCCN5C[C@H](F)C6)nc4c3F)c12. The summed E-state index contributed by atoms with van der Waals surface area (Å²) in [5.74, 6) is 1.50. The Morgan fingerprint density at radius 1 is 1.23 bits per heavy atom. The minimum absolute atomic E-state index is 0.0104. The zero-order valence-electron chi connectivity index (χ0n) is 26.9. The fraction of sp³-hybridized carbons (Fsp3) is 0.472. The van der Waals surface area contributed by atoms with Crippen LogP contribution in [0.4, 0.5) is 19.0 Å². The zero-order chi connectivity index (χ0) is 33.1. The lowest BCUT2D eigenvalue weighted by Crippen LogP contribution is -2.43. The maximum absolute atomic E-state index is 17.0. The molecule has 8 nitrogen and oxygen atoms in total. The molecule has 0 spiro atoms. The molecule has 0 unspecified atom stereocenters. The van der Waals surface area contributed by atoms with Crippen molar-refractivity contribution in [2.75, 3.05) is 44.7 Å². The van der Waals surface area contributed by atoms with Crippen molar-refractivity contribution >= 4 is 27.5 Å². The highest BCUT2D eigenvalue weighted by Crippen LogP contribution is 2.42. The van der Waals surface area contributed by atoms with Gasteiger partial charge in [-0.05, 0) is 81.8 Å². The number of rotatable bonds is 8. The van der Waals surface area contributed by atoms with Crippen LogP contribution >= 0.6 is 0 Å². The minimum atomic E-state index is -1.29. The lowest BCUT2D eigenvalue weighted by Gasteiger charge is -2.31. The first-order valence-electron chi connectivity index (χ1n) is 16.3. The van der Waals surface area contributed by atoms with Crippen LogP contribution in [0, 0.1) is 24.0 Å². The van der Waals surface area contributed by atoms with Crippen LogP contribution in [0.15, 0.2) is 30.5 Å². The standard InChI is InChI=1S/C36H39F3N6O2/c1-5-25-28(38)10-9-21-14-22(35(2,3)46)15-26(29(21)25)31-30(39)32-27(17-41-31)33(44(4)19-24-8-6-12-40-24)43-34(42-32)47-20-36-11-7-13-45(36)18-23(37)16-36/h1,9-10,14-15,17,23-24,40,46H,6-8,11-13,16,18-20H2,2-4H3/t23-,24-,36+/m1/s1. The highest BCUT2D eigenvalue weighted by Gasteiger charge is 2.49. The van der Waals surface area contributed by atoms with E-state index in [1.54, 1.807) is 32.0 Å². The molecule has 11 heteroatoms. The number of ether oxygens (including phenoxy) is 1. The van der Waals surface area contributed by atoms with Gasteiger partial charge in [0.05, 0.1) is 22.1 Å². The van der Waals surface area contributed by atoms with Crippen molar-refractivity contribution in [3.05, 3.63) is 53.2 Å². The summed E-state index contributed by atoms with van der Waals surface area (Å²) in [5, 5.41) is 15.6. The molecule has 246 valence electrons. The maximum Gasteiger partial charge on any atom is 0.319 e. The van der Waals surface area contributed by atoms with Gasteiger partial charge < -0.3 is 20.1 Å². The van der Waals surface area contributed by atoms with Crippen LogP contribution in [-0.2, 0) is 5.60 Å². The molecule has 0 amide bonds. The molecule has 0 aliphatic carbocycles. The number of terminal acetylenes is 1. The first-order valence-corrected chi connectivity index (χ1v) is 16.3. The van der Waals surface area contributed by atoms with Crippen molar-refractivity contribution in [1.29, 1.82) is 0 Å². The van der Waals surface area contributed by atoms with Crippen LogP contribution in [0.25, 0.3) is 32.9 Å². The Morgan fingerprint density at radius 2 is 2.06 bits per heavy atom. The van der Waals surface area contributed by atoms with Gasteiger partial charge in [0.25, 0.3) is 0 Å². The maximum atomic E-state index is 17.0. The lowest BCUT2D eigenvalue weighted by molar-refractivity contribution is 0.0788. The number of nitrogens with one attached hydrogen (secondary N) is 1. The molecule has 0 bridgehead atoms. The Kier molecular flexibility index (Phi) is 8.02. The van der Waals surface area contributed by atoms with Gasteiger partial charge in [-0.2, -0.15) is 9.97 Å². The summed E-state index contributed by atoms with van der Waals surface area (Å²) in [7, 11) is 1.89. The Labute approximate surface area is 272 Å². The van der Waals surface area contributed by atoms with Crippen LogP contribution in [-0.4, -0.2) is 82.5 Å². The van der Waals surface area contributed by atoms with Crippen molar-refractivity contribution in [3.8, 4) is 29.6 Å². The fourth-order valence-corrected chi connectivity index (χ4v) is 7.66. The molecule has 2 aromatic heterocycles. The van der Waals surface area contributed by atoms with Gasteiger partial charge in [0.15, 0.2) is 5.82 Å². The van der Waals surface area contributed by atoms with Gasteiger partial charge >= 0.3 is 6.01 Å². The summed E-state index contributed by atoms with van der Waals surface area (Å²) in [6, 6.07) is 6.36. The molecule has 0 radical (unpaired) electrons. The number of hydrogen-bond acceptors (Lipinski definition) is 8. The number of hydrogen-bond donors (Lipinski definition) is 2. The van der Waals surface area contributed by atoms with E-state index in [1.807, 2.05) is 11.9 Å². The second-order valence-corrected chi connectivity index (χ2v) is 13.8. The molecular formula is C36H39F3N6O2. The number of nitrogens with zero attached hydrogens (tertiary/aromatic N) is 5. The second-order valence-electron chi connectivity index (χ2n) is 13.8. The van der Waals surface area contributed by atoms with Crippen LogP contribution in [0.5, 0.6) is 6.01 Å². The summed E-state index contributed by atoms with van der Waals surface area (Å²) in [6.07, 6.45) is 10.6. The molecule has 3 saturated heterocycles. The molecule has 3 atom stereocenters. The molecule has 2 aromatic carbocycles. The average Bonchev–Trinajstić information content (AvgIpc) is 3.76. The Bertz CT molecular complexity index is 1900. The number of aliphatic hydroxyl groups is 1. The van der Waals surface area contributed by atoms with E-state index in [4.69, 9.17) is 16.1 Å². The molecule has 4 aromatic rings. The summed E-state index contributed by atoms with van der Waals surface area (Å²) in [4.78, 5) is 18.0. The second kappa shape index (κ2) is 11.9. The van der Waals surface area contributed by atoms with Crippen LogP contribution in [0.1, 0.15) is 57.1 Å². The van der Waals surface area contributed by atoms with Crippen molar-refractivity contribution in [2.45, 2.75) is 69.3 Å². The monoisotopic (exact) mass is 644 g/mol. The Balaban J connectivity index is 1.39. The number of fused-ring (bicyclic) bond motifs is 3. The van der Waals surface area contributed by atoms with Gasteiger partial charge in [-0.25, -0.2) is 13.2 Å². The lowest BCUT2D eigenvalue weighted by atomic mass is 9.89. The zero-order valence-corrected chi connectivity index (χ0v) is 26.9. The van der Waals surface area contributed by atoms with Crippen molar-refractivity contribution in [3.63, 3.8) is 0 Å². The quantitative estimate of drug-likeness (QED) is 0.244. The van der Waals surface area contributed by atoms with E-state index >= 15 is 8.78 Å². The number of alkyl halides is 1. The van der Waals surface area contributed by atoms with E-state index in [0.29, 0.717) is 47.1 Å². The summed E-state index contributed by atoms with van der Waals surface area (Å²) in [5.41, 5.74) is -1.15. The molecule has 47 heavy (non-hydrogen) atoms. The molecule has 3 fully saturated rings. The van der Waals surface area contributed by atoms with Crippen LogP contribution in [0.3, 0.4) is 0 Å². The van der Waals surface area contributed by atoms with E-state index in [0.717, 1.165) is 38.8 Å². The topological polar surface area (TPSA) is 86.6 Å². The van der Waals surface area contributed by atoms with Crippen LogP contribution in [0.2, 0.25) is 0 Å². The molecule has 2 N–H and O–H groups in total. The molecule has 0 saturated carbocycles. The van der Waals surface area contributed by atoms with E-state index in [9.17, 15) is 9.50 Å². The predicted molar refractivity (Wildman–Crippen MR) is 176 cm³/mol. The summed E-state index contributed by atoms with van der Waals surface area (Å²) in [6.45, 7) is 6.17. The van der Waals surface area contributed by atoms with Gasteiger partial charge in [0.2, 0.25) is 0 Å². The average molecular weight is 645 g/mol. The van der Waals surface area contributed by atoms with E-state index in [2.05, 4.69) is 26.1 Å². The van der Waals surface area contributed by atoms with Gasteiger partial charge in [0.1, 0.15) is 35.6 Å². The highest BCUT2D eigenvalue weighted by atomic mass is 19.1. The van der Waals surface area contributed by atoms with Crippen molar-refractivity contribution in [1.82, 2.24) is 25.2 Å². The molecule has 7 rings (SSSR count). The molecule has 5 heterocycles. The number of halogens is 3. The predicted octanol–water partition coefficient (Wildman–Crippen LogP) is 5.48.